The highest BCUT2D eigenvalue weighted by atomic mass is 32.2. The van der Waals surface area contributed by atoms with E-state index in [0.717, 1.165) is 17.5 Å². The Hall–Kier alpha value is -2.92. The Kier molecular flexibility index (Phi) is 7.84. The van der Waals surface area contributed by atoms with Gasteiger partial charge in [-0.05, 0) is 42.3 Å². The van der Waals surface area contributed by atoms with Crippen molar-refractivity contribution in [1.29, 1.82) is 0 Å². The van der Waals surface area contributed by atoms with Gasteiger partial charge >= 0.3 is 0 Å². The summed E-state index contributed by atoms with van der Waals surface area (Å²) in [5.41, 5.74) is 2.05. The van der Waals surface area contributed by atoms with E-state index in [-0.39, 0.29) is 24.7 Å². The number of amides is 1. The second-order valence-electron chi connectivity index (χ2n) is 8.25. The number of likely N-dealkylation sites (tertiary alicyclic amines) is 1. The summed E-state index contributed by atoms with van der Waals surface area (Å²) in [5, 5.41) is 10.9. The first-order valence-electron chi connectivity index (χ1n) is 11.0. The van der Waals surface area contributed by atoms with Crippen molar-refractivity contribution >= 4 is 33.4 Å². The van der Waals surface area contributed by atoms with Crippen LogP contribution in [0.15, 0.2) is 63.6 Å². The second kappa shape index (κ2) is 11.0. The smallest absolute Gasteiger partial charge is 0.260 e. The van der Waals surface area contributed by atoms with E-state index in [1.165, 1.54) is 7.11 Å². The van der Waals surface area contributed by atoms with E-state index in [1.807, 2.05) is 24.3 Å². The molecule has 1 aromatic heterocycles. The highest BCUT2D eigenvalue weighted by Crippen LogP contribution is 2.27. The molecular weight excluding hydrogens is 458 g/mol. The van der Waals surface area contributed by atoms with Gasteiger partial charge in [-0.1, -0.05) is 12.1 Å². The lowest BCUT2D eigenvalue weighted by Crippen LogP contribution is -2.40. The summed E-state index contributed by atoms with van der Waals surface area (Å²) in [6.07, 6.45) is 1.94. The molecule has 0 radical (unpaired) electrons. The highest BCUT2D eigenvalue weighted by molar-refractivity contribution is 7.69. The first-order valence-corrected chi connectivity index (χ1v) is 12.1. The Morgan fingerprint density at radius 3 is 2.94 bits per heavy atom. The van der Waals surface area contributed by atoms with Gasteiger partial charge in [-0.25, -0.2) is 4.21 Å². The maximum absolute atomic E-state index is 13.1. The fourth-order valence-corrected chi connectivity index (χ4v) is 4.44. The molecule has 1 amide bonds. The number of aliphatic hydroxyl groups is 1. The van der Waals surface area contributed by atoms with Gasteiger partial charge in [0.15, 0.2) is 17.5 Å². The van der Waals surface area contributed by atoms with Gasteiger partial charge in [0.05, 0.1) is 31.2 Å². The largest absolute Gasteiger partial charge is 0.484 e. The fourth-order valence-electron chi connectivity index (χ4n) is 4.05. The maximum Gasteiger partial charge on any atom is 0.260 e. The molecule has 2 heterocycles. The van der Waals surface area contributed by atoms with Gasteiger partial charge in [-0.3, -0.25) is 13.9 Å². The summed E-state index contributed by atoms with van der Waals surface area (Å²) in [6, 6.07) is 14.2. The van der Waals surface area contributed by atoms with Gasteiger partial charge in [0.25, 0.3) is 5.91 Å². The molecule has 2 aromatic carbocycles. The van der Waals surface area contributed by atoms with Crippen LogP contribution >= 0.6 is 0 Å². The highest BCUT2D eigenvalue weighted by Gasteiger charge is 2.28. The minimum absolute atomic E-state index is 0.137. The number of fused-ring (bicyclic) bond motifs is 1. The number of β-amino-alcohol motifs (C(OH)–C–C–N with tert-alkyl or cyclic N) is 1. The van der Waals surface area contributed by atoms with Crippen molar-refractivity contribution in [3.05, 3.63) is 60.4 Å². The van der Waals surface area contributed by atoms with Gasteiger partial charge in [0, 0.05) is 38.1 Å². The zero-order chi connectivity index (χ0) is 24.1. The van der Waals surface area contributed by atoms with Gasteiger partial charge in [0.1, 0.15) is 11.3 Å². The lowest BCUT2D eigenvalue weighted by atomic mass is 10.0. The van der Waals surface area contributed by atoms with Crippen molar-refractivity contribution < 1.29 is 27.4 Å². The first-order chi connectivity index (χ1) is 16.4. The third-order valence-electron chi connectivity index (χ3n) is 5.94. The number of rotatable bonds is 9. The molecule has 182 valence electrons. The Labute approximate surface area is 200 Å². The van der Waals surface area contributed by atoms with Gasteiger partial charge in [0.2, 0.25) is 0 Å². The summed E-state index contributed by atoms with van der Waals surface area (Å²) >= 11 is 0. The molecular formula is C24H29N3O6S. The maximum atomic E-state index is 13.1. The summed E-state index contributed by atoms with van der Waals surface area (Å²) in [5.74, 6) is 0.349. The lowest BCUT2D eigenvalue weighted by molar-refractivity contribution is -0.134. The van der Waals surface area contributed by atoms with Crippen LogP contribution < -0.4 is 4.74 Å². The van der Waals surface area contributed by atoms with Gasteiger partial charge < -0.3 is 19.2 Å². The molecule has 1 fully saturated rings. The van der Waals surface area contributed by atoms with Crippen LogP contribution in [0.1, 0.15) is 18.0 Å². The molecule has 0 saturated carbocycles. The molecule has 2 unspecified atom stereocenters. The SMILES string of the molecule is CO[SH](=O)=Nc1cccc(C(CN2CC[C@H](O)C2)N(C)C(=O)COc2ccc3ccoc3c2)c1. The summed E-state index contributed by atoms with van der Waals surface area (Å²) in [7, 11) is 0.921. The molecule has 3 atom stereocenters. The molecule has 1 saturated heterocycles. The van der Waals surface area contributed by atoms with E-state index in [2.05, 4.69) is 9.26 Å². The van der Waals surface area contributed by atoms with E-state index in [0.29, 0.717) is 36.5 Å². The molecule has 10 heteroatoms. The van der Waals surface area contributed by atoms with Crippen molar-refractivity contribution in [3.63, 3.8) is 0 Å². The van der Waals surface area contributed by atoms with Crippen LogP contribution in [-0.4, -0.2) is 71.5 Å². The number of furan rings is 1. The number of aliphatic hydroxyl groups excluding tert-OH is 1. The molecule has 1 aliphatic heterocycles. The van der Waals surface area contributed by atoms with Crippen LogP contribution in [0, 0.1) is 0 Å². The quantitative estimate of drug-likeness (QED) is 0.447. The monoisotopic (exact) mass is 487 g/mol. The van der Waals surface area contributed by atoms with Gasteiger partial charge in [-0.15, -0.1) is 0 Å². The third kappa shape index (κ3) is 5.95. The number of ether oxygens (including phenoxy) is 1. The van der Waals surface area contributed by atoms with Gasteiger partial charge in [-0.2, -0.15) is 4.36 Å². The molecule has 0 bridgehead atoms. The van der Waals surface area contributed by atoms with Crippen molar-refractivity contribution in [1.82, 2.24) is 9.80 Å². The molecule has 1 N–H and O–H groups in total. The number of carbonyl (C=O) groups is 1. The van der Waals surface area contributed by atoms with Crippen molar-refractivity contribution in [3.8, 4) is 5.75 Å². The van der Waals surface area contributed by atoms with Crippen LogP contribution in [0.2, 0.25) is 0 Å². The number of hydrogen-bond donors (Lipinski definition) is 2. The summed E-state index contributed by atoms with van der Waals surface area (Å²) in [6.45, 7) is 1.70. The molecule has 1 aliphatic rings. The van der Waals surface area contributed by atoms with E-state index >= 15 is 0 Å². The number of carbonyl (C=O) groups excluding carboxylic acids is 1. The van der Waals surface area contributed by atoms with E-state index in [1.54, 1.807) is 42.5 Å². The van der Waals surface area contributed by atoms with E-state index in [9.17, 15) is 14.1 Å². The Balaban J connectivity index is 1.51. The Morgan fingerprint density at radius 2 is 2.18 bits per heavy atom. The van der Waals surface area contributed by atoms with Crippen molar-refractivity contribution in [2.24, 2.45) is 4.36 Å². The number of benzene rings is 2. The molecule has 4 rings (SSSR count). The molecule has 3 aromatic rings. The Bertz CT molecular complexity index is 1220. The number of nitrogens with zero attached hydrogens (tertiary/aromatic N) is 3. The predicted octanol–water partition coefficient (Wildman–Crippen LogP) is 2.94. The molecule has 0 aliphatic carbocycles. The number of likely N-dealkylation sites (N-methyl/N-ethyl adjacent to an activating group) is 1. The zero-order valence-electron chi connectivity index (χ0n) is 19.2. The van der Waals surface area contributed by atoms with Crippen LogP contribution in [0.4, 0.5) is 5.69 Å². The number of hydrogen-bond acceptors (Lipinski definition) is 8. The average molecular weight is 488 g/mol. The zero-order valence-corrected chi connectivity index (χ0v) is 20.1. The first kappa shape index (κ1) is 24.2. The average Bonchev–Trinajstić information content (AvgIpc) is 3.48. The lowest BCUT2D eigenvalue weighted by Gasteiger charge is -2.32. The predicted molar refractivity (Wildman–Crippen MR) is 129 cm³/mol. The fraction of sp³-hybridized carbons (Fsp3) is 0.375. The second-order valence-corrected chi connectivity index (χ2v) is 9.29. The summed E-state index contributed by atoms with van der Waals surface area (Å²) < 4.78 is 31.7. The normalized spacial score (nSPS) is 18.3. The Morgan fingerprint density at radius 1 is 1.32 bits per heavy atom. The van der Waals surface area contributed by atoms with Crippen molar-refractivity contribution in [2.45, 2.75) is 18.6 Å². The molecule has 0 spiro atoms. The topological polar surface area (TPSA) is 105 Å². The van der Waals surface area contributed by atoms with E-state index < -0.39 is 10.9 Å². The van der Waals surface area contributed by atoms with Crippen LogP contribution in [0.25, 0.3) is 11.0 Å². The van der Waals surface area contributed by atoms with Crippen molar-refractivity contribution in [2.75, 3.05) is 40.4 Å². The summed E-state index contributed by atoms with van der Waals surface area (Å²) in [4.78, 5) is 16.9. The molecule has 34 heavy (non-hydrogen) atoms. The van der Waals surface area contributed by atoms with Crippen LogP contribution in [0.3, 0.4) is 0 Å². The third-order valence-corrected chi connectivity index (χ3v) is 6.64. The van der Waals surface area contributed by atoms with Crippen LogP contribution in [-0.2, 0) is 19.9 Å². The minimum Gasteiger partial charge on any atom is -0.484 e. The standard InChI is InChI=1S/C24H29N3O6S/c1-26(24(29)16-33-21-7-6-17-9-11-32-23(17)13-21)22(15-27-10-8-20(28)14-27)18-4-3-5-19(12-18)25-34(30)31-2/h3-7,9,11-13,20,22,28,34H,8,10,14-16H2,1-2H3/t20-,22?/m0/s1. The minimum atomic E-state index is -2.15. The van der Waals surface area contributed by atoms with E-state index in [4.69, 9.17) is 13.3 Å². The molecule has 9 nitrogen and oxygen atoms in total. The van der Waals surface area contributed by atoms with Crippen LogP contribution in [0.5, 0.6) is 5.75 Å². The number of thiol groups is 1.